The highest BCUT2D eigenvalue weighted by molar-refractivity contribution is 9.10. The predicted octanol–water partition coefficient (Wildman–Crippen LogP) is 4.27. The van der Waals surface area contributed by atoms with Crippen LogP contribution in [0.4, 0.5) is 0 Å². The molecule has 0 radical (unpaired) electrons. The van der Waals surface area contributed by atoms with Crippen molar-refractivity contribution in [1.82, 2.24) is 4.98 Å². The predicted molar refractivity (Wildman–Crippen MR) is 65.1 cm³/mol. The van der Waals surface area contributed by atoms with Gasteiger partial charge in [0, 0.05) is 26.9 Å². The van der Waals surface area contributed by atoms with Crippen molar-refractivity contribution in [2.24, 2.45) is 0 Å². The Balaban J connectivity index is 2.44. The average molecular weight is 313 g/mol. The van der Waals surface area contributed by atoms with E-state index in [9.17, 15) is 0 Å². The van der Waals surface area contributed by atoms with Crippen LogP contribution in [0.5, 0.6) is 0 Å². The Morgan fingerprint density at radius 2 is 1.50 bits per heavy atom. The molecule has 0 N–H and O–H groups in total. The SMILES string of the molecule is Brc1ccc(-c2cncc(Br)c2)cc1. The van der Waals surface area contributed by atoms with Crippen LogP contribution in [0.1, 0.15) is 0 Å². The molecule has 0 unspecified atom stereocenters. The summed E-state index contributed by atoms with van der Waals surface area (Å²) in [5.74, 6) is 0. The second kappa shape index (κ2) is 4.24. The standard InChI is InChI=1S/C11H7Br2N/c12-10-3-1-8(2-4-10)9-5-11(13)7-14-6-9/h1-7H. The number of nitrogens with zero attached hydrogens (tertiary/aromatic N) is 1. The van der Waals surface area contributed by atoms with Gasteiger partial charge in [0.1, 0.15) is 0 Å². The topological polar surface area (TPSA) is 12.9 Å². The second-order valence-corrected chi connectivity index (χ2v) is 4.73. The van der Waals surface area contributed by atoms with Crippen LogP contribution in [0, 0.1) is 0 Å². The quantitative estimate of drug-likeness (QED) is 0.766. The summed E-state index contributed by atoms with van der Waals surface area (Å²) in [5, 5.41) is 0. The van der Waals surface area contributed by atoms with Gasteiger partial charge in [0.2, 0.25) is 0 Å². The number of halogens is 2. The van der Waals surface area contributed by atoms with E-state index in [2.05, 4.69) is 55.0 Å². The Morgan fingerprint density at radius 1 is 0.786 bits per heavy atom. The van der Waals surface area contributed by atoms with Gasteiger partial charge in [-0.05, 0) is 39.7 Å². The molecule has 2 rings (SSSR count). The third-order valence-electron chi connectivity index (χ3n) is 1.88. The lowest BCUT2D eigenvalue weighted by Gasteiger charge is -2.01. The van der Waals surface area contributed by atoms with Gasteiger partial charge in [-0.15, -0.1) is 0 Å². The van der Waals surface area contributed by atoms with E-state index in [0.717, 1.165) is 14.5 Å². The molecule has 1 aromatic heterocycles. The maximum absolute atomic E-state index is 4.12. The van der Waals surface area contributed by atoms with Crippen LogP contribution in [0.25, 0.3) is 11.1 Å². The number of hydrogen-bond acceptors (Lipinski definition) is 1. The molecule has 1 aromatic carbocycles. The van der Waals surface area contributed by atoms with Gasteiger partial charge in [0.05, 0.1) is 0 Å². The van der Waals surface area contributed by atoms with Gasteiger partial charge in [-0.3, -0.25) is 4.98 Å². The van der Waals surface area contributed by atoms with Crippen LogP contribution in [0.3, 0.4) is 0 Å². The zero-order chi connectivity index (χ0) is 9.97. The maximum Gasteiger partial charge on any atom is 0.0410 e. The molecule has 0 atom stereocenters. The van der Waals surface area contributed by atoms with Crippen molar-refractivity contribution in [3.05, 3.63) is 51.7 Å². The first kappa shape index (κ1) is 9.87. The minimum atomic E-state index is 0.998. The van der Waals surface area contributed by atoms with E-state index in [1.54, 1.807) is 6.20 Å². The van der Waals surface area contributed by atoms with Gasteiger partial charge in [0.15, 0.2) is 0 Å². The van der Waals surface area contributed by atoms with Crippen molar-refractivity contribution >= 4 is 31.9 Å². The molecule has 2 aromatic rings. The normalized spacial score (nSPS) is 10.1. The molecule has 14 heavy (non-hydrogen) atoms. The number of hydrogen-bond donors (Lipinski definition) is 0. The van der Waals surface area contributed by atoms with Gasteiger partial charge in [-0.1, -0.05) is 28.1 Å². The first-order valence-corrected chi connectivity index (χ1v) is 5.71. The lowest BCUT2D eigenvalue weighted by atomic mass is 10.1. The number of pyridine rings is 1. The van der Waals surface area contributed by atoms with Crippen LogP contribution in [-0.4, -0.2) is 4.98 Å². The summed E-state index contributed by atoms with van der Waals surface area (Å²) in [5.41, 5.74) is 2.29. The molecule has 1 nitrogen and oxygen atoms in total. The van der Waals surface area contributed by atoms with Gasteiger partial charge in [-0.2, -0.15) is 0 Å². The van der Waals surface area contributed by atoms with E-state index in [4.69, 9.17) is 0 Å². The summed E-state index contributed by atoms with van der Waals surface area (Å²) >= 11 is 6.81. The van der Waals surface area contributed by atoms with Crippen LogP contribution in [-0.2, 0) is 0 Å². The second-order valence-electron chi connectivity index (χ2n) is 2.90. The fourth-order valence-corrected chi connectivity index (χ4v) is 1.84. The largest absolute Gasteiger partial charge is 0.263 e. The molecule has 70 valence electrons. The van der Waals surface area contributed by atoms with Gasteiger partial charge in [-0.25, -0.2) is 0 Å². The van der Waals surface area contributed by atoms with Crippen molar-refractivity contribution in [3.8, 4) is 11.1 Å². The molecule has 0 spiro atoms. The highest BCUT2D eigenvalue weighted by Crippen LogP contribution is 2.23. The lowest BCUT2D eigenvalue weighted by Crippen LogP contribution is -1.79. The first-order valence-electron chi connectivity index (χ1n) is 4.12. The molecule has 0 fully saturated rings. The van der Waals surface area contributed by atoms with Crippen LogP contribution in [0.2, 0.25) is 0 Å². The third-order valence-corrected chi connectivity index (χ3v) is 2.84. The number of aromatic nitrogens is 1. The fourth-order valence-electron chi connectivity index (χ4n) is 1.21. The minimum Gasteiger partial charge on any atom is -0.263 e. The minimum absolute atomic E-state index is 0.998. The van der Waals surface area contributed by atoms with Crippen molar-refractivity contribution in [1.29, 1.82) is 0 Å². The molecular weight excluding hydrogens is 306 g/mol. The van der Waals surface area contributed by atoms with Crippen molar-refractivity contribution in [2.45, 2.75) is 0 Å². The zero-order valence-electron chi connectivity index (χ0n) is 7.24. The van der Waals surface area contributed by atoms with Crippen molar-refractivity contribution < 1.29 is 0 Å². The number of benzene rings is 1. The van der Waals surface area contributed by atoms with Gasteiger partial charge < -0.3 is 0 Å². The van der Waals surface area contributed by atoms with Crippen molar-refractivity contribution in [3.63, 3.8) is 0 Å². The Hall–Kier alpha value is -0.670. The fraction of sp³-hybridized carbons (Fsp3) is 0. The molecule has 0 saturated heterocycles. The summed E-state index contributed by atoms with van der Waals surface area (Å²) in [6.45, 7) is 0. The van der Waals surface area contributed by atoms with Crippen LogP contribution in [0.15, 0.2) is 51.7 Å². The average Bonchev–Trinajstić information content (AvgIpc) is 2.19. The smallest absolute Gasteiger partial charge is 0.0410 e. The summed E-state index contributed by atoms with van der Waals surface area (Å²) in [7, 11) is 0. The molecule has 0 aliphatic rings. The van der Waals surface area contributed by atoms with E-state index in [0.29, 0.717) is 0 Å². The monoisotopic (exact) mass is 311 g/mol. The van der Waals surface area contributed by atoms with Crippen molar-refractivity contribution in [2.75, 3.05) is 0 Å². The molecule has 0 aliphatic carbocycles. The molecule has 0 saturated carbocycles. The Labute approximate surface area is 99.4 Å². The molecule has 0 bridgehead atoms. The highest BCUT2D eigenvalue weighted by Gasteiger charge is 1.98. The molecule has 0 aliphatic heterocycles. The van der Waals surface area contributed by atoms with Crippen LogP contribution >= 0.6 is 31.9 Å². The van der Waals surface area contributed by atoms with Gasteiger partial charge in [0.25, 0.3) is 0 Å². The Morgan fingerprint density at radius 3 is 2.14 bits per heavy atom. The molecule has 3 heteroatoms. The van der Waals surface area contributed by atoms with E-state index in [1.165, 1.54) is 5.56 Å². The van der Waals surface area contributed by atoms with E-state index in [1.807, 2.05) is 18.3 Å². The molecular formula is C11H7Br2N. The van der Waals surface area contributed by atoms with E-state index < -0.39 is 0 Å². The van der Waals surface area contributed by atoms with Crippen LogP contribution < -0.4 is 0 Å². The summed E-state index contributed by atoms with van der Waals surface area (Å²) in [6.07, 6.45) is 3.64. The summed E-state index contributed by atoms with van der Waals surface area (Å²) < 4.78 is 2.09. The lowest BCUT2D eigenvalue weighted by molar-refractivity contribution is 1.31. The van der Waals surface area contributed by atoms with Gasteiger partial charge >= 0.3 is 0 Å². The van der Waals surface area contributed by atoms with E-state index in [-0.39, 0.29) is 0 Å². The summed E-state index contributed by atoms with van der Waals surface area (Å²) in [6, 6.07) is 10.2. The first-order chi connectivity index (χ1) is 6.75. The molecule has 0 amide bonds. The number of rotatable bonds is 1. The molecule has 1 heterocycles. The van der Waals surface area contributed by atoms with E-state index >= 15 is 0 Å². The summed E-state index contributed by atoms with van der Waals surface area (Å²) in [4.78, 5) is 4.12. The third kappa shape index (κ3) is 2.22. The Bertz CT molecular complexity index is 437. The Kier molecular flexibility index (Phi) is 2.99. The highest BCUT2D eigenvalue weighted by atomic mass is 79.9. The maximum atomic E-state index is 4.12. The zero-order valence-corrected chi connectivity index (χ0v) is 10.4.